The van der Waals surface area contributed by atoms with Crippen LogP contribution in [0.4, 0.5) is 5.69 Å². The van der Waals surface area contributed by atoms with Crippen molar-refractivity contribution in [2.75, 3.05) is 18.9 Å². The zero-order valence-corrected chi connectivity index (χ0v) is 15.2. The first-order chi connectivity index (χ1) is 11.5. The molecule has 5 nitrogen and oxygen atoms in total. The van der Waals surface area contributed by atoms with Crippen molar-refractivity contribution in [3.63, 3.8) is 0 Å². The van der Waals surface area contributed by atoms with Crippen LogP contribution >= 0.6 is 12.4 Å². The fourth-order valence-corrected chi connectivity index (χ4v) is 2.40. The summed E-state index contributed by atoms with van der Waals surface area (Å²) < 4.78 is 11.1. The smallest absolute Gasteiger partial charge is 0.340 e. The summed E-state index contributed by atoms with van der Waals surface area (Å²) in [4.78, 5) is 11.5. The Labute approximate surface area is 154 Å². The highest BCUT2D eigenvalue weighted by molar-refractivity contribution is 5.85. The van der Waals surface area contributed by atoms with Crippen molar-refractivity contribution in [3.8, 4) is 5.75 Å². The van der Waals surface area contributed by atoms with Gasteiger partial charge in [0.1, 0.15) is 5.75 Å². The Morgan fingerprint density at radius 1 is 1.12 bits per heavy atom. The van der Waals surface area contributed by atoms with E-state index in [9.17, 15) is 9.90 Å². The third kappa shape index (κ3) is 5.37. The number of nitrogens with two attached hydrogens (primary N) is 1. The van der Waals surface area contributed by atoms with Gasteiger partial charge in [0.15, 0.2) is 5.60 Å². The van der Waals surface area contributed by atoms with Crippen molar-refractivity contribution in [1.29, 1.82) is 0 Å². The zero-order valence-electron chi connectivity index (χ0n) is 14.4. The maximum Gasteiger partial charge on any atom is 0.340 e. The van der Waals surface area contributed by atoms with Gasteiger partial charge in [0.05, 0.1) is 6.61 Å². The van der Waals surface area contributed by atoms with Gasteiger partial charge < -0.3 is 20.3 Å². The highest BCUT2D eigenvalue weighted by atomic mass is 35.5. The number of hydrogen-bond acceptors (Lipinski definition) is 4. The molecule has 0 aliphatic heterocycles. The van der Waals surface area contributed by atoms with Crippen molar-refractivity contribution in [2.24, 2.45) is 0 Å². The van der Waals surface area contributed by atoms with Crippen molar-refractivity contribution in [1.82, 2.24) is 0 Å². The second-order valence-electron chi connectivity index (χ2n) is 5.64. The number of anilines is 1. The van der Waals surface area contributed by atoms with Crippen LogP contribution in [0.3, 0.4) is 0 Å². The number of aliphatic carboxylic acids is 1. The number of halogens is 1. The lowest BCUT2D eigenvalue weighted by Gasteiger charge is -2.25. The highest BCUT2D eigenvalue weighted by Crippen LogP contribution is 2.27. The maximum atomic E-state index is 11.5. The first-order valence-electron chi connectivity index (χ1n) is 7.91. The van der Waals surface area contributed by atoms with Crippen molar-refractivity contribution in [2.45, 2.75) is 25.9 Å². The van der Waals surface area contributed by atoms with E-state index in [1.807, 2.05) is 24.3 Å². The summed E-state index contributed by atoms with van der Waals surface area (Å²) in [6.45, 7) is 4.18. The summed E-state index contributed by atoms with van der Waals surface area (Å²) in [5, 5.41) is 9.41. The van der Waals surface area contributed by atoms with E-state index in [0.29, 0.717) is 24.5 Å². The molecule has 6 heteroatoms. The van der Waals surface area contributed by atoms with E-state index in [4.69, 9.17) is 15.2 Å². The Kier molecular flexibility index (Phi) is 7.74. The topological polar surface area (TPSA) is 81.8 Å². The molecule has 2 rings (SSSR count). The number of rotatable bonds is 8. The summed E-state index contributed by atoms with van der Waals surface area (Å²) in [6, 6.07) is 14.7. The van der Waals surface area contributed by atoms with Crippen LogP contribution in [0, 0.1) is 0 Å². The van der Waals surface area contributed by atoms with Crippen LogP contribution in [-0.2, 0) is 21.6 Å². The summed E-state index contributed by atoms with van der Waals surface area (Å²) >= 11 is 0. The van der Waals surface area contributed by atoms with Crippen LogP contribution in [0.2, 0.25) is 0 Å². The molecule has 2 aromatic carbocycles. The second kappa shape index (κ2) is 9.30. The van der Waals surface area contributed by atoms with Gasteiger partial charge in [0, 0.05) is 18.7 Å². The average Bonchev–Trinajstić information content (AvgIpc) is 2.57. The van der Waals surface area contributed by atoms with E-state index in [2.05, 4.69) is 0 Å². The minimum Gasteiger partial charge on any atom is -0.493 e. The molecule has 1 atom stereocenters. The predicted molar refractivity (Wildman–Crippen MR) is 100 cm³/mol. The van der Waals surface area contributed by atoms with E-state index < -0.39 is 11.6 Å². The van der Waals surface area contributed by atoms with Gasteiger partial charge >= 0.3 is 5.97 Å². The van der Waals surface area contributed by atoms with E-state index >= 15 is 0 Å². The number of ether oxygens (including phenoxy) is 2. The molecule has 0 saturated carbocycles. The second-order valence-corrected chi connectivity index (χ2v) is 5.64. The third-order valence-corrected chi connectivity index (χ3v) is 3.89. The molecule has 0 unspecified atom stereocenters. The van der Waals surface area contributed by atoms with E-state index in [1.54, 1.807) is 38.1 Å². The van der Waals surface area contributed by atoms with Crippen molar-refractivity contribution in [3.05, 3.63) is 59.7 Å². The van der Waals surface area contributed by atoms with E-state index in [-0.39, 0.29) is 12.4 Å². The molecule has 0 bridgehead atoms. The molecular formula is C19H24ClNO4. The minimum atomic E-state index is -1.35. The van der Waals surface area contributed by atoms with Crippen LogP contribution in [0.25, 0.3) is 0 Å². The van der Waals surface area contributed by atoms with Crippen LogP contribution < -0.4 is 10.5 Å². The maximum absolute atomic E-state index is 11.5. The standard InChI is InChI=1S/C19H23NO4.ClH/c1-3-24-19(2,18(21)22)15-6-10-17(11-7-15)23-13-12-14-4-8-16(20)9-5-14;/h4-11H,3,12-13,20H2,1-2H3,(H,21,22);1H/t19-;/m0./s1. The largest absolute Gasteiger partial charge is 0.493 e. The molecule has 0 aromatic heterocycles. The van der Waals surface area contributed by atoms with E-state index in [1.165, 1.54) is 0 Å². The lowest BCUT2D eigenvalue weighted by atomic mass is 9.96. The van der Waals surface area contributed by atoms with Gasteiger partial charge in [-0.3, -0.25) is 0 Å². The molecule has 0 saturated heterocycles. The quantitative estimate of drug-likeness (QED) is 0.698. The normalized spacial score (nSPS) is 12.7. The number of carboxylic acids is 1. The minimum absolute atomic E-state index is 0. The molecule has 0 aliphatic carbocycles. The van der Waals surface area contributed by atoms with Gasteiger partial charge in [0.2, 0.25) is 0 Å². The molecule has 0 aliphatic rings. The lowest BCUT2D eigenvalue weighted by Crippen LogP contribution is -2.35. The molecule has 3 N–H and O–H groups in total. The Morgan fingerprint density at radius 2 is 1.72 bits per heavy atom. The van der Waals surface area contributed by atoms with Crippen LogP contribution in [0.15, 0.2) is 48.5 Å². The van der Waals surface area contributed by atoms with Crippen LogP contribution in [0.1, 0.15) is 25.0 Å². The Morgan fingerprint density at radius 3 is 2.24 bits per heavy atom. The summed E-state index contributed by atoms with van der Waals surface area (Å²) in [7, 11) is 0. The predicted octanol–water partition coefficient (Wildman–Crippen LogP) is 3.65. The molecule has 0 amide bonds. The zero-order chi connectivity index (χ0) is 17.6. The highest BCUT2D eigenvalue weighted by Gasteiger charge is 2.35. The summed E-state index contributed by atoms with van der Waals surface area (Å²) in [5.74, 6) is -0.320. The Balaban J connectivity index is 0.00000312. The molecule has 25 heavy (non-hydrogen) atoms. The van der Waals surface area contributed by atoms with Gasteiger partial charge in [-0.1, -0.05) is 24.3 Å². The number of hydrogen-bond donors (Lipinski definition) is 2. The molecule has 0 heterocycles. The lowest BCUT2D eigenvalue weighted by molar-refractivity contribution is -0.164. The SMILES string of the molecule is CCO[C@](C)(C(=O)O)c1ccc(OCCc2ccc(N)cc2)cc1.Cl. The number of carbonyl (C=O) groups is 1. The summed E-state index contributed by atoms with van der Waals surface area (Å²) in [6.07, 6.45) is 0.772. The van der Waals surface area contributed by atoms with Gasteiger partial charge in [-0.15, -0.1) is 12.4 Å². The number of nitrogen functional groups attached to an aromatic ring is 1. The molecule has 0 spiro atoms. The first-order valence-corrected chi connectivity index (χ1v) is 7.91. The first kappa shape index (κ1) is 20.8. The van der Waals surface area contributed by atoms with Crippen LogP contribution in [-0.4, -0.2) is 24.3 Å². The van der Waals surface area contributed by atoms with Crippen molar-refractivity contribution < 1.29 is 19.4 Å². The van der Waals surface area contributed by atoms with E-state index in [0.717, 1.165) is 17.7 Å². The monoisotopic (exact) mass is 365 g/mol. The number of benzene rings is 2. The van der Waals surface area contributed by atoms with Gasteiger partial charge in [-0.05, 0) is 49.2 Å². The Hall–Kier alpha value is -2.24. The number of carboxylic acid groups (broad SMARTS) is 1. The molecule has 0 radical (unpaired) electrons. The molecule has 0 fully saturated rings. The van der Waals surface area contributed by atoms with Gasteiger partial charge in [-0.2, -0.15) is 0 Å². The van der Waals surface area contributed by atoms with Crippen LogP contribution in [0.5, 0.6) is 5.75 Å². The molecule has 136 valence electrons. The fourth-order valence-electron chi connectivity index (χ4n) is 2.40. The van der Waals surface area contributed by atoms with Gasteiger partial charge in [0.25, 0.3) is 0 Å². The summed E-state index contributed by atoms with van der Waals surface area (Å²) in [5.41, 5.74) is 6.78. The molecule has 2 aromatic rings. The van der Waals surface area contributed by atoms with Gasteiger partial charge in [-0.25, -0.2) is 4.79 Å². The third-order valence-electron chi connectivity index (χ3n) is 3.89. The fraction of sp³-hybridized carbons (Fsp3) is 0.316. The molecular weight excluding hydrogens is 342 g/mol. The Bertz CT molecular complexity index is 673. The van der Waals surface area contributed by atoms with Crippen molar-refractivity contribution >= 4 is 24.1 Å². The average molecular weight is 366 g/mol.